The lowest BCUT2D eigenvalue weighted by molar-refractivity contribution is 0.0284. The quantitative estimate of drug-likeness (QED) is 0.891. The molecule has 1 unspecified atom stereocenters. The second-order valence-corrected chi connectivity index (χ2v) is 5.11. The Morgan fingerprint density at radius 1 is 1.00 bits per heavy atom. The highest BCUT2D eigenvalue weighted by molar-refractivity contribution is 5.32. The Kier molecular flexibility index (Phi) is 4.19. The van der Waals surface area contributed by atoms with Crippen LogP contribution >= 0.6 is 0 Å². The van der Waals surface area contributed by atoms with Crippen LogP contribution in [-0.4, -0.2) is 5.11 Å². The van der Waals surface area contributed by atoms with Crippen molar-refractivity contribution >= 4 is 0 Å². The van der Waals surface area contributed by atoms with Crippen LogP contribution in [-0.2, 0) is 12.0 Å². The van der Waals surface area contributed by atoms with Crippen molar-refractivity contribution < 1.29 is 13.9 Å². The van der Waals surface area contributed by atoms with Gasteiger partial charge in [-0.15, -0.1) is 0 Å². The molecular weight excluding hydrogens is 258 g/mol. The zero-order valence-corrected chi connectivity index (χ0v) is 11.7. The molecule has 0 aliphatic heterocycles. The first-order chi connectivity index (χ1) is 9.48. The molecule has 3 heteroatoms. The number of benzene rings is 2. The SMILES string of the molecule is CCC(O)(Cc1ccccc1)c1ccc(C)c(F)c1F. The van der Waals surface area contributed by atoms with Crippen LogP contribution in [0.4, 0.5) is 8.78 Å². The van der Waals surface area contributed by atoms with Gasteiger partial charge >= 0.3 is 0 Å². The number of aliphatic hydroxyl groups is 1. The summed E-state index contributed by atoms with van der Waals surface area (Å²) in [6.07, 6.45) is 0.561. The fourth-order valence-corrected chi connectivity index (χ4v) is 2.35. The molecular formula is C17H18F2O. The number of hydrogen-bond donors (Lipinski definition) is 1. The molecule has 0 spiro atoms. The molecule has 1 atom stereocenters. The Balaban J connectivity index is 2.43. The molecule has 0 amide bonds. The second-order valence-electron chi connectivity index (χ2n) is 5.11. The number of hydrogen-bond acceptors (Lipinski definition) is 1. The lowest BCUT2D eigenvalue weighted by Crippen LogP contribution is -2.29. The van der Waals surface area contributed by atoms with Gasteiger partial charge in [0.25, 0.3) is 0 Å². The minimum absolute atomic E-state index is 0.0203. The summed E-state index contributed by atoms with van der Waals surface area (Å²) in [4.78, 5) is 0. The fraction of sp³-hybridized carbons (Fsp3) is 0.294. The maximum absolute atomic E-state index is 14.1. The van der Waals surface area contributed by atoms with Gasteiger partial charge in [0.05, 0.1) is 5.60 Å². The standard InChI is InChI=1S/C17H18F2O/c1-3-17(20,11-13-7-5-4-6-8-13)14-10-9-12(2)15(18)16(14)19/h4-10,20H,3,11H2,1-2H3. The van der Waals surface area contributed by atoms with Gasteiger partial charge in [0.2, 0.25) is 0 Å². The molecule has 2 rings (SSSR count). The largest absolute Gasteiger partial charge is 0.385 e. The molecule has 0 fully saturated rings. The van der Waals surface area contributed by atoms with Crippen molar-refractivity contribution in [1.29, 1.82) is 0 Å². The molecule has 1 N–H and O–H groups in total. The van der Waals surface area contributed by atoms with Gasteiger partial charge < -0.3 is 5.11 Å². The summed E-state index contributed by atoms with van der Waals surface area (Å²) in [6.45, 7) is 3.27. The molecule has 2 aromatic rings. The fourth-order valence-electron chi connectivity index (χ4n) is 2.35. The Morgan fingerprint density at radius 3 is 2.25 bits per heavy atom. The summed E-state index contributed by atoms with van der Waals surface area (Å²) in [5, 5.41) is 10.7. The molecule has 0 saturated heterocycles. The van der Waals surface area contributed by atoms with Crippen molar-refractivity contribution in [2.45, 2.75) is 32.3 Å². The Morgan fingerprint density at radius 2 is 1.65 bits per heavy atom. The topological polar surface area (TPSA) is 20.2 Å². The van der Waals surface area contributed by atoms with Gasteiger partial charge in [-0.3, -0.25) is 0 Å². The Hall–Kier alpha value is -1.74. The predicted molar refractivity (Wildman–Crippen MR) is 75.4 cm³/mol. The van der Waals surface area contributed by atoms with E-state index in [-0.39, 0.29) is 17.5 Å². The van der Waals surface area contributed by atoms with Crippen LogP contribution in [0.15, 0.2) is 42.5 Å². The molecule has 0 radical (unpaired) electrons. The number of rotatable bonds is 4. The van der Waals surface area contributed by atoms with Gasteiger partial charge in [-0.1, -0.05) is 49.4 Å². The van der Waals surface area contributed by atoms with Crippen LogP contribution in [0.25, 0.3) is 0 Å². The van der Waals surface area contributed by atoms with E-state index in [1.165, 1.54) is 19.1 Å². The first kappa shape index (κ1) is 14.7. The molecule has 1 nitrogen and oxygen atoms in total. The summed E-state index contributed by atoms with van der Waals surface area (Å²) < 4.78 is 27.8. The third-order valence-electron chi connectivity index (χ3n) is 3.70. The average Bonchev–Trinajstić information content (AvgIpc) is 2.45. The highest BCUT2D eigenvalue weighted by Gasteiger charge is 2.32. The van der Waals surface area contributed by atoms with Gasteiger partial charge in [0.15, 0.2) is 11.6 Å². The summed E-state index contributed by atoms with van der Waals surface area (Å²) in [7, 11) is 0. The molecule has 0 aliphatic carbocycles. The molecule has 2 aromatic carbocycles. The summed E-state index contributed by atoms with van der Waals surface area (Å²) in [5.74, 6) is -1.84. The van der Waals surface area contributed by atoms with Crippen LogP contribution in [0.1, 0.15) is 30.0 Å². The van der Waals surface area contributed by atoms with Crippen LogP contribution in [0.5, 0.6) is 0 Å². The maximum Gasteiger partial charge on any atom is 0.165 e. The van der Waals surface area contributed by atoms with Crippen molar-refractivity contribution in [2.75, 3.05) is 0 Å². The van der Waals surface area contributed by atoms with Crippen molar-refractivity contribution in [3.8, 4) is 0 Å². The van der Waals surface area contributed by atoms with E-state index >= 15 is 0 Å². The van der Waals surface area contributed by atoms with Crippen LogP contribution in [0.3, 0.4) is 0 Å². The zero-order valence-electron chi connectivity index (χ0n) is 11.7. The second kappa shape index (κ2) is 5.71. The van der Waals surface area contributed by atoms with Crippen LogP contribution in [0.2, 0.25) is 0 Å². The minimum Gasteiger partial charge on any atom is -0.385 e. The summed E-state index contributed by atoms with van der Waals surface area (Å²) >= 11 is 0. The van der Waals surface area contributed by atoms with Crippen molar-refractivity contribution in [2.24, 2.45) is 0 Å². The van der Waals surface area contributed by atoms with Gasteiger partial charge in [-0.2, -0.15) is 0 Å². The van der Waals surface area contributed by atoms with E-state index in [4.69, 9.17) is 0 Å². The highest BCUT2D eigenvalue weighted by atomic mass is 19.2. The first-order valence-corrected chi connectivity index (χ1v) is 6.69. The molecule has 20 heavy (non-hydrogen) atoms. The third kappa shape index (κ3) is 2.73. The summed E-state index contributed by atoms with van der Waals surface area (Å²) in [5.41, 5.74) is -0.256. The van der Waals surface area contributed by atoms with Gasteiger partial charge in [0, 0.05) is 12.0 Å². The smallest absolute Gasteiger partial charge is 0.165 e. The van der Waals surface area contributed by atoms with Gasteiger partial charge in [-0.05, 0) is 24.5 Å². The van der Waals surface area contributed by atoms with Crippen molar-refractivity contribution in [1.82, 2.24) is 0 Å². The van der Waals surface area contributed by atoms with E-state index in [9.17, 15) is 13.9 Å². The molecule has 0 saturated carbocycles. The van der Waals surface area contributed by atoms with E-state index in [1.54, 1.807) is 6.92 Å². The molecule has 106 valence electrons. The van der Waals surface area contributed by atoms with Crippen LogP contribution < -0.4 is 0 Å². The first-order valence-electron chi connectivity index (χ1n) is 6.69. The minimum atomic E-state index is -1.40. The number of aryl methyl sites for hydroxylation is 1. The van der Waals surface area contributed by atoms with E-state index in [0.29, 0.717) is 6.42 Å². The van der Waals surface area contributed by atoms with E-state index in [0.717, 1.165) is 5.56 Å². The molecule has 0 aliphatic rings. The lowest BCUT2D eigenvalue weighted by atomic mass is 9.84. The van der Waals surface area contributed by atoms with Gasteiger partial charge in [-0.25, -0.2) is 8.78 Å². The zero-order chi connectivity index (χ0) is 14.8. The maximum atomic E-state index is 14.1. The monoisotopic (exact) mass is 276 g/mol. The van der Waals surface area contributed by atoms with Crippen LogP contribution in [0, 0.1) is 18.6 Å². The lowest BCUT2D eigenvalue weighted by Gasteiger charge is -2.28. The Bertz CT molecular complexity index is 595. The average molecular weight is 276 g/mol. The normalized spacial score (nSPS) is 14.1. The van der Waals surface area contributed by atoms with E-state index < -0.39 is 17.2 Å². The third-order valence-corrected chi connectivity index (χ3v) is 3.70. The molecule has 0 heterocycles. The molecule has 0 bridgehead atoms. The van der Waals surface area contributed by atoms with E-state index in [2.05, 4.69) is 0 Å². The van der Waals surface area contributed by atoms with Gasteiger partial charge in [0.1, 0.15) is 0 Å². The number of halogens is 2. The predicted octanol–water partition coefficient (Wildman–Crippen LogP) is 4.11. The van der Waals surface area contributed by atoms with Crippen molar-refractivity contribution in [3.05, 3.63) is 70.8 Å². The highest BCUT2D eigenvalue weighted by Crippen LogP contribution is 2.32. The summed E-state index contributed by atoms with van der Waals surface area (Å²) in [6, 6.07) is 12.3. The van der Waals surface area contributed by atoms with E-state index in [1.807, 2.05) is 30.3 Å². The van der Waals surface area contributed by atoms with Crippen molar-refractivity contribution in [3.63, 3.8) is 0 Å². The Labute approximate surface area is 117 Å². The molecule has 0 aromatic heterocycles.